The molecular formula is C17H32BN3O3. The highest BCUT2D eigenvalue weighted by Gasteiger charge is 2.34. The van der Waals surface area contributed by atoms with Crippen LogP contribution < -0.4 is 10.8 Å². The minimum absolute atomic E-state index is 0.0285. The van der Waals surface area contributed by atoms with Gasteiger partial charge in [-0.3, -0.25) is 14.4 Å². The zero-order chi connectivity index (χ0) is 17.5. The van der Waals surface area contributed by atoms with Crippen molar-refractivity contribution in [2.45, 2.75) is 64.4 Å². The molecule has 2 amide bonds. The molecule has 0 spiro atoms. The highest BCUT2D eigenvalue weighted by molar-refractivity contribution is 6.08. The number of amides is 2. The van der Waals surface area contributed by atoms with Gasteiger partial charge in [0.2, 0.25) is 5.91 Å². The summed E-state index contributed by atoms with van der Waals surface area (Å²) in [6.45, 7) is 5.89. The Morgan fingerprint density at radius 2 is 2.12 bits per heavy atom. The van der Waals surface area contributed by atoms with Crippen LogP contribution in [0.15, 0.2) is 0 Å². The van der Waals surface area contributed by atoms with E-state index >= 15 is 0 Å². The number of hydroxylamine groups is 1. The molecule has 2 rings (SSSR count). The first-order chi connectivity index (χ1) is 11.5. The van der Waals surface area contributed by atoms with Crippen LogP contribution in [0.5, 0.6) is 0 Å². The van der Waals surface area contributed by atoms with E-state index in [1.54, 1.807) is 11.8 Å². The van der Waals surface area contributed by atoms with Gasteiger partial charge in [-0.25, -0.2) is 5.48 Å². The summed E-state index contributed by atoms with van der Waals surface area (Å²) in [5, 5.41) is 3.42. The van der Waals surface area contributed by atoms with Gasteiger partial charge in [-0.05, 0) is 44.1 Å². The summed E-state index contributed by atoms with van der Waals surface area (Å²) in [4.78, 5) is 31.5. The number of piperidine rings is 1. The van der Waals surface area contributed by atoms with Crippen molar-refractivity contribution in [2.24, 2.45) is 11.8 Å². The van der Waals surface area contributed by atoms with Gasteiger partial charge in [0.15, 0.2) is 0 Å². The van der Waals surface area contributed by atoms with E-state index in [0.717, 1.165) is 38.6 Å². The number of hydrogen-bond acceptors (Lipinski definition) is 4. The van der Waals surface area contributed by atoms with Gasteiger partial charge in [0.25, 0.3) is 5.91 Å². The van der Waals surface area contributed by atoms with E-state index in [0.29, 0.717) is 31.0 Å². The molecule has 136 valence electrons. The zero-order valence-corrected chi connectivity index (χ0v) is 15.3. The average Bonchev–Trinajstić information content (AvgIpc) is 3.03. The van der Waals surface area contributed by atoms with Crippen molar-refractivity contribution in [3.05, 3.63) is 0 Å². The molecule has 2 aliphatic heterocycles. The maximum absolute atomic E-state index is 12.4. The maximum atomic E-state index is 12.4. The van der Waals surface area contributed by atoms with Crippen molar-refractivity contribution in [1.82, 2.24) is 15.7 Å². The number of carbonyl (C=O) groups is 2. The molecule has 0 saturated carbocycles. The quantitative estimate of drug-likeness (QED) is 0.524. The minimum Gasteiger partial charge on any atom is -0.331 e. The second-order valence-electron chi connectivity index (χ2n) is 7.31. The lowest BCUT2D eigenvalue weighted by Gasteiger charge is -2.38. The second kappa shape index (κ2) is 9.42. The summed E-state index contributed by atoms with van der Waals surface area (Å²) in [5.74, 6) is 0.998. The smallest absolute Gasteiger partial charge is 0.266 e. The Kier molecular flexibility index (Phi) is 7.56. The van der Waals surface area contributed by atoms with Gasteiger partial charge in [-0.15, -0.1) is 0 Å². The topological polar surface area (TPSA) is 70.7 Å². The summed E-state index contributed by atoms with van der Waals surface area (Å²) < 4.78 is 0. The Hall–Kier alpha value is -1.08. The maximum Gasteiger partial charge on any atom is 0.266 e. The first-order valence-electron chi connectivity index (χ1n) is 9.47. The second-order valence-corrected chi connectivity index (χ2v) is 7.31. The standard InChI is InChI=1S/C17H32BN3O3/c1-3-4-13-5-6-16(21(10-13)12(2)22)17(23)20-24-11-15-7-14(8-18)9-19-15/h13-16,19H,3-11,18H2,1-2H3,(H,20,23)/t13?,14?,15?,16-/m0/s1. The van der Waals surface area contributed by atoms with Gasteiger partial charge in [0, 0.05) is 19.5 Å². The van der Waals surface area contributed by atoms with Gasteiger partial charge in [0.05, 0.1) is 6.61 Å². The van der Waals surface area contributed by atoms with Crippen LogP contribution in [0.3, 0.4) is 0 Å². The van der Waals surface area contributed by atoms with Gasteiger partial charge >= 0.3 is 0 Å². The Balaban J connectivity index is 1.77. The van der Waals surface area contributed by atoms with Crippen LogP contribution in [0.25, 0.3) is 0 Å². The predicted octanol–water partition coefficient (Wildman–Crippen LogP) is 0.491. The number of likely N-dealkylation sites (tertiary alicyclic amines) is 1. The van der Waals surface area contributed by atoms with Crippen molar-refractivity contribution >= 4 is 19.7 Å². The molecule has 3 unspecified atom stereocenters. The van der Waals surface area contributed by atoms with Crippen molar-refractivity contribution < 1.29 is 14.4 Å². The van der Waals surface area contributed by atoms with E-state index in [4.69, 9.17) is 4.84 Å². The number of nitrogens with zero attached hydrogens (tertiary/aromatic N) is 1. The Morgan fingerprint density at radius 1 is 1.33 bits per heavy atom. The highest BCUT2D eigenvalue weighted by atomic mass is 16.7. The van der Waals surface area contributed by atoms with Crippen LogP contribution in [0.1, 0.15) is 46.0 Å². The number of rotatable bonds is 7. The fourth-order valence-corrected chi connectivity index (χ4v) is 3.93. The zero-order valence-electron chi connectivity index (χ0n) is 15.3. The van der Waals surface area contributed by atoms with E-state index in [2.05, 4.69) is 25.6 Å². The molecule has 2 fully saturated rings. The summed E-state index contributed by atoms with van der Waals surface area (Å²) in [5.41, 5.74) is 2.57. The molecular weight excluding hydrogens is 305 g/mol. The SMILES string of the molecule is BCC1CNC(CONC(=O)[C@@H]2CCC(CCC)CN2C(C)=O)C1. The molecule has 6 nitrogen and oxygen atoms in total. The molecule has 7 heteroatoms. The molecule has 0 aromatic rings. The van der Waals surface area contributed by atoms with Crippen molar-refractivity contribution in [3.63, 3.8) is 0 Å². The molecule has 2 heterocycles. The molecule has 2 N–H and O–H groups in total. The molecule has 0 radical (unpaired) electrons. The third-order valence-corrected chi connectivity index (χ3v) is 5.43. The Labute approximate surface area is 146 Å². The van der Waals surface area contributed by atoms with Crippen molar-refractivity contribution in [1.29, 1.82) is 0 Å². The van der Waals surface area contributed by atoms with Crippen LogP contribution in [0.4, 0.5) is 0 Å². The fourth-order valence-electron chi connectivity index (χ4n) is 3.93. The summed E-state index contributed by atoms with van der Waals surface area (Å²) in [6.07, 6.45) is 6.21. The van der Waals surface area contributed by atoms with E-state index in [1.807, 2.05) is 0 Å². The largest absolute Gasteiger partial charge is 0.331 e. The van der Waals surface area contributed by atoms with Crippen LogP contribution >= 0.6 is 0 Å². The first kappa shape index (κ1) is 19.3. The van der Waals surface area contributed by atoms with Gasteiger partial charge in [-0.2, -0.15) is 0 Å². The number of hydrogen-bond donors (Lipinski definition) is 2. The lowest BCUT2D eigenvalue weighted by molar-refractivity contribution is -0.149. The van der Waals surface area contributed by atoms with Crippen LogP contribution in [-0.4, -0.2) is 56.3 Å². The molecule has 2 aliphatic rings. The summed E-state index contributed by atoms with van der Waals surface area (Å²) in [6, 6.07) is -0.0880. The fraction of sp³-hybridized carbons (Fsp3) is 0.882. The third kappa shape index (κ3) is 5.21. The molecule has 2 saturated heterocycles. The van der Waals surface area contributed by atoms with Crippen LogP contribution in [-0.2, 0) is 14.4 Å². The van der Waals surface area contributed by atoms with E-state index in [9.17, 15) is 9.59 Å². The van der Waals surface area contributed by atoms with E-state index < -0.39 is 6.04 Å². The molecule has 0 aliphatic carbocycles. The average molecular weight is 337 g/mol. The van der Waals surface area contributed by atoms with E-state index in [-0.39, 0.29) is 11.8 Å². The molecule has 0 bridgehead atoms. The van der Waals surface area contributed by atoms with Crippen LogP contribution in [0.2, 0.25) is 6.32 Å². The number of carbonyl (C=O) groups excluding carboxylic acids is 2. The van der Waals surface area contributed by atoms with Crippen LogP contribution in [0, 0.1) is 11.8 Å². The Morgan fingerprint density at radius 3 is 2.75 bits per heavy atom. The van der Waals surface area contributed by atoms with Gasteiger partial charge in [0.1, 0.15) is 13.9 Å². The third-order valence-electron chi connectivity index (χ3n) is 5.43. The molecule has 24 heavy (non-hydrogen) atoms. The normalized spacial score (nSPS) is 30.3. The predicted molar refractivity (Wildman–Crippen MR) is 96.2 cm³/mol. The lowest BCUT2D eigenvalue weighted by atomic mass is 9.89. The Bertz CT molecular complexity index is 435. The van der Waals surface area contributed by atoms with Crippen molar-refractivity contribution in [3.8, 4) is 0 Å². The summed E-state index contributed by atoms with van der Waals surface area (Å²) in [7, 11) is 2.20. The highest BCUT2D eigenvalue weighted by Crippen LogP contribution is 2.25. The van der Waals surface area contributed by atoms with Gasteiger partial charge in [-0.1, -0.05) is 19.7 Å². The van der Waals surface area contributed by atoms with E-state index in [1.165, 1.54) is 6.32 Å². The molecule has 0 aromatic heterocycles. The summed E-state index contributed by atoms with van der Waals surface area (Å²) >= 11 is 0. The monoisotopic (exact) mass is 337 g/mol. The van der Waals surface area contributed by atoms with Gasteiger partial charge < -0.3 is 10.2 Å². The molecule has 4 atom stereocenters. The lowest BCUT2D eigenvalue weighted by Crippen LogP contribution is -2.53. The van der Waals surface area contributed by atoms with Crippen molar-refractivity contribution in [2.75, 3.05) is 19.7 Å². The number of nitrogens with one attached hydrogen (secondary N) is 2. The minimum atomic E-state index is -0.393. The molecule has 0 aromatic carbocycles. The first-order valence-corrected chi connectivity index (χ1v) is 9.47.